The van der Waals surface area contributed by atoms with E-state index in [-0.39, 0.29) is 16.4 Å². The van der Waals surface area contributed by atoms with E-state index in [1.54, 1.807) is 6.07 Å². The third-order valence-corrected chi connectivity index (χ3v) is 2.80. The summed E-state index contributed by atoms with van der Waals surface area (Å²) in [6.45, 7) is 0. The summed E-state index contributed by atoms with van der Waals surface area (Å²) in [6, 6.07) is 4.43. The molecule has 15 heavy (non-hydrogen) atoms. The number of benzene rings is 1. The van der Waals surface area contributed by atoms with Crippen molar-refractivity contribution in [2.45, 2.75) is 0 Å². The number of imidazole rings is 1. The second-order valence-electron chi connectivity index (χ2n) is 2.88. The number of nitrogens with two attached hydrogens (primary N) is 1. The van der Waals surface area contributed by atoms with Crippen LogP contribution >= 0.6 is 27.5 Å². The van der Waals surface area contributed by atoms with Gasteiger partial charge in [-0.1, -0.05) is 17.7 Å². The first-order valence-corrected chi connectivity index (χ1v) is 5.22. The largest absolute Gasteiger partial charge is 0.381 e. The number of nitrogen functional groups attached to an aromatic ring is 1. The molecule has 1 heterocycles. The van der Waals surface area contributed by atoms with E-state index in [1.165, 1.54) is 12.1 Å². The summed E-state index contributed by atoms with van der Waals surface area (Å²) in [5.74, 6) is 0.135. The molecule has 0 aliphatic heterocycles. The molecule has 2 rings (SSSR count). The average molecular weight is 291 g/mol. The molecule has 0 atom stereocenters. The SMILES string of the molecule is Nc1nc(-c2c(F)cccc2Cl)[nH]c1Br. The number of nitrogens with zero attached hydrogens (tertiary/aromatic N) is 1. The van der Waals surface area contributed by atoms with E-state index >= 15 is 0 Å². The molecular weight excluding hydrogens is 284 g/mol. The van der Waals surface area contributed by atoms with E-state index in [0.717, 1.165) is 0 Å². The van der Waals surface area contributed by atoms with Crippen molar-refractivity contribution in [3.8, 4) is 11.4 Å². The molecule has 3 nitrogen and oxygen atoms in total. The van der Waals surface area contributed by atoms with E-state index in [0.29, 0.717) is 10.4 Å². The van der Waals surface area contributed by atoms with Gasteiger partial charge in [0.1, 0.15) is 16.2 Å². The van der Waals surface area contributed by atoms with Gasteiger partial charge >= 0.3 is 0 Å². The van der Waals surface area contributed by atoms with E-state index in [2.05, 4.69) is 25.9 Å². The lowest BCUT2D eigenvalue weighted by molar-refractivity contribution is 0.630. The number of hydrogen-bond acceptors (Lipinski definition) is 2. The number of rotatable bonds is 1. The number of halogens is 3. The Morgan fingerprint density at radius 1 is 1.47 bits per heavy atom. The summed E-state index contributed by atoms with van der Waals surface area (Å²) < 4.78 is 14.0. The lowest BCUT2D eigenvalue weighted by Crippen LogP contribution is -1.88. The fourth-order valence-corrected chi connectivity index (χ4v) is 1.74. The molecule has 0 bridgehead atoms. The Bertz CT molecular complexity index is 472. The Hall–Kier alpha value is -1.07. The predicted octanol–water partition coefficient (Wildman–Crippen LogP) is 3.21. The zero-order chi connectivity index (χ0) is 11.0. The van der Waals surface area contributed by atoms with Crippen LogP contribution in [0.5, 0.6) is 0 Å². The molecule has 1 aromatic heterocycles. The van der Waals surface area contributed by atoms with Crippen molar-refractivity contribution >= 4 is 33.3 Å². The van der Waals surface area contributed by atoms with Gasteiger partial charge in [0.2, 0.25) is 0 Å². The van der Waals surface area contributed by atoms with Crippen molar-refractivity contribution in [1.82, 2.24) is 9.97 Å². The lowest BCUT2D eigenvalue weighted by atomic mass is 10.2. The van der Waals surface area contributed by atoms with Gasteiger partial charge in [-0.15, -0.1) is 0 Å². The van der Waals surface area contributed by atoms with Gasteiger partial charge in [-0.2, -0.15) is 0 Å². The third kappa shape index (κ3) is 1.85. The number of hydrogen-bond donors (Lipinski definition) is 2. The molecule has 2 aromatic rings. The Morgan fingerprint density at radius 2 is 2.20 bits per heavy atom. The average Bonchev–Trinajstić information content (AvgIpc) is 2.46. The van der Waals surface area contributed by atoms with Gasteiger partial charge in [-0.05, 0) is 28.1 Å². The minimum absolute atomic E-state index is 0.219. The number of nitrogens with one attached hydrogen (secondary N) is 1. The highest BCUT2D eigenvalue weighted by atomic mass is 79.9. The van der Waals surface area contributed by atoms with Gasteiger partial charge in [0, 0.05) is 0 Å². The topological polar surface area (TPSA) is 54.7 Å². The van der Waals surface area contributed by atoms with Crippen molar-refractivity contribution < 1.29 is 4.39 Å². The zero-order valence-electron chi connectivity index (χ0n) is 7.39. The second kappa shape index (κ2) is 3.83. The highest BCUT2D eigenvalue weighted by molar-refractivity contribution is 9.10. The minimum atomic E-state index is -0.441. The van der Waals surface area contributed by atoms with E-state index in [9.17, 15) is 4.39 Å². The minimum Gasteiger partial charge on any atom is -0.381 e. The number of H-pyrrole nitrogens is 1. The molecule has 0 spiro atoms. The number of aromatic nitrogens is 2. The zero-order valence-corrected chi connectivity index (χ0v) is 9.73. The number of aromatic amines is 1. The van der Waals surface area contributed by atoms with E-state index in [1.807, 2.05) is 0 Å². The van der Waals surface area contributed by atoms with Crippen LogP contribution in [0.15, 0.2) is 22.8 Å². The second-order valence-corrected chi connectivity index (χ2v) is 4.08. The van der Waals surface area contributed by atoms with Crippen LogP contribution in [0.3, 0.4) is 0 Å². The van der Waals surface area contributed by atoms with Crippen LogP contribution in [0.25, 0.3) is 11.4 Å². The standard InChI is InChI=1S/C9H6BrClFN3/c10-7-8(13)15-9(14-7)6-4(11)2-1-3-5(6)12/h1-3H,13H2,(H,14,15). The molecular formula is C9H6BrClFN3. The van der Waals surface area contributed by atoms with Gasteiger partial charge in [-0.25, -0.2) is 9.37 Å². The summed E-state index contributed by atoms with van der Waals surface area (Å²) in [5.41, 5.74) is 5.74. The molecule has 0 fully saturated rings. The van der Waals surface area contributed by atoms with Gasteiger partial charge in [-0.3, -0.25) is 0 Å². The van der Waals surface area contributed by atoms with Crippen LogP contribution in [0.2, 0.25) is 5.02 Å². The van der Waals surface area contributed by atoms with Crippen LogP contribution in [0.4, 0.5) is 10.2 Å². The van der Waals surface area contributed by atoms with Crippen molar-refractivity contribution in [1.29, 1.82) is 0 Å². The molecule has 0 aliphatic carbocycles. The molecule has 6 heteroatoms. The molecule has 0 saturated heterocycles. The fraction of sp³-hybridized carbons (Fsp3) is 0. The first-order chi connectivity index (χ1) is 7.09. The normalized spacial score (nSPS) is 10.6. The lowest BCUT2D eigenvalue weighted by Gasteiger charge is -2.01. The number of anilines is 1. The van der Waals surface area contributed by atoms with E-state index in [4.69, 9.17) is 17.3 Å². The Kier molecular flexibility index (Phi) is 2.67. The maximum Gasteiger partial charge on any atom is 0.157 e. The molecule has 1 aromatic carbocycles. The molecule has 0 unspecified atom stereocenters. The van der Waals surface area contributed by atoms with Gasteiger partial charge in [0.25, 0.3) is 0 Å². The first-order valence-electron chi connectivity index (χ1n) is 4.05. The summed E-state index contributed by atoms with van der Waals surface area (Å²) in [7, 11) is 0. The summed E-state index contributed by atoms with van der Waals surface area (Å²) in [5, 5.41) is 0.288. The monoisotopic (exact) mass is 289 g/mol. The highest BCUT2D eigenvalue weighted by Gasteiger charge is 2.14. The molecule has 78 valence electrons. The van der Waals surface area contributed by atoms with Crippen molar-refractivity contribution in [3.63, 3.8) is 0 Å². The Labute approximate surface area is 98.6 Å². The van der Waals surface area contributed by atoms with Crippen LogP contribution in [0.1, 0.15) is 0 Å². The molecule has 0 amide bonds. The van der Waals surface area contributed by atoms with Crippen molar-refractivity contribution in [3.05, 3.63) is 33.6 Å². The van der Waals surface area contributed by atoms with Crippen LogP contribution < -0.4 is 5.73 Å². The molecule has 0 radical (unpaired) electrons. The fourth-order valence-electron chi connectivity index (χ4n) is 1.21. The molecule has 0 saturated carbocycles. The smallest absolute Gasteiger partial charge is 0.157 e. The van der Waals surface area contributed by atoms with Crippen LogP contribution in [0, 0.1) is 5.82 Å². The Morgan fingerprint density at radius 3 is 2.73 bits per heavy atom. The molecule has 3 N–H and O–H groups in total. The molecule has 0 aliphatic rings. The Balaban J connectivity index is 2.63. The van der Waals surface area contributed by atoms with Crippen molar-refractivity contribution in [2.24, 2.45) is 0 Å². The predicted molar refractivity (Wildman–Crippen MR) is 61.1 cm³/mol. The van der Waals surface area contributed by atoms with E-state index < -0.39 is 5.82 Å². The summed E-state index contributed by atoms with van der Waals surface area (Å²) in [4.78, 5) is 6.75. The maximum absolute atomic E-state index is 13.5. The van der Waals surface area contributed by atoms with Crippen molar-refractivity contribution in [2.75, 3.05) is 5.73 Å². The van der Waals surface area contributed by atoms with Crippen LogP contribution in [-0.2, 0) is 0 Å². The third-order valence-electron chi connectivity index (χ3n) is 1.88. The van der Waals surface area contributed by atoms with Gasteiger partial charge in [0.15, 0.2) is 5.82 Å². The first kappa shape index (κ1) is 10.4. The highest BCUT2D eigenvalue weighted by Crippen LogP contribution is 2.30. The summed E-state index contributed by atoms with van der Waals surface area (Å²) >= 11 is 9.02. The van der Waals surface area contributed by atoms with Crippen LogP contribution in [-0.4, -0.2) is 9.97 Å². The maximum atomic E-state index is 13.5. The summed E-state index contributed by atoms with van der Waals surface area (Å²) in [6.07, 6.45) is 0. The van der Waals surface area contributed by atoms with Gasteiger partial charge < -0.3 is 10.7 Å². The quantitative estimate of drug-likeness (QED) is 0.847. The van der Waals surface area contributed by atoms with Gasteiger partial charge in [0.05, 0.1) is 10.6 Å².